The van der Waals surface area contributed by atoms with Gasteiger partial charge >= 0.3 is 0 Å². The van der Waals surface area contributed by atoms with Gasteiger partial charge in [0, 0.05) is 10.2 Å². The first-order valence-electron chi connectivity index (χ1n) is 5.12. The number of nitrogen functional groups attached to an aromatic ring is 1. The molecule has 0 aliphatic heterocycles. The Morgan fingerprint density at radius 2 is 2.00 bits per heavy atom. The number of nitrogens with one attached hydrogen (secondary N) is 1. The van der Waals surface area contributed by atoms with Gasteiger partial charge in [-0.05, 0) is 52.3 Å². The van der Waals surface area contributed by atoms with Crippen molar-refractivity contribution < 1.29 is 0 Å². The molecule has 90 valence electrons. The molecule has 5 heteroatoms. The number of hydrogen-bond donors (Lipinski definition) is 2. The van der Waals surface area contributed by atoms with Crippen LogP contribution in [-0.4, -0.2) is 0 Å². The van der Waals surface area contributed by atoms with Crippen LogP contribution in [0.3, 0.4) is 0 Å². The summed E-state index contributed by atoms with van der Waals surface area (Å²) in [5.74, 6) is 0. The number of rotatable bonds is 2. The summed E-state index contributed by atoms with van der Waals surface area (Å²) in [6, 6.07) is 12.6. The van der Waals surface area contributed by atoms with E-state index in [4.69, 9.17) is 22.6 Å². The van der Waals surface area contributed by atoms with Crippen LogP contribution >= 0.6 is 27.5 Å². The second kappa shape index (κ2) is 5.30. The van der Waals surface area contributed by atoms with Crippen molar-refractivity contribution in [1.82, 2.24) is 0 Å². The summed E-state index contributed by atoms with van der Waals surface area (Å²) in [5.41, 5.74) is 8.53. The van der Waals surface area contributed by atoms with Gasteiger partial charge in [-0.15, -0.1) is 0 Å². The van der Waals surface area contributed by atoms with Crippen molar-refractivity contribution in [3.8, 4) is 6.07 Å². The fourth-order valence-corrected chi connectivity index (χ4v) is 1.96. The van der Waals surface area contributed by atoms with E-state index < -0.39 is 0 Å². The lowest BCUT2D eigenvalue weighted by Gasteiger charge is -2.10. The standard InChI is InChI=1S/C13H9BrClN3/c14-10-6-9(2-3-11(10)15)18-13-5-8(7-16)1-4-12(13)17/h1-6,18H,17H2. The van der Waals surface area contributed by atoms with Gasteiger partial charge in [0.15, 0.2) is 0 Å². The molecule has 0 amide bonds. The quantitative estimate of drug-likeness (QED) is 0.810. The molecule has 0 saturated carbocycles. The highest BCUT2D eigenvalue weighted by Crippen LogP contribution is 2.29. The predicted molar refractivity (Wildman–Crippen MR) is 78.0 cm³/mol. The molecule has 0 heterocycles. The molecule has 18 heavy (non-hydrogen) atoms. The van der Waals surface area contributed by atoms with E-state index in [1.165, 1.54) is 0 Å². The Morgan fingerprint density at radius 3 is 2.67 bits per heavy atom. The van der Waals surface area contributed by atoms with E-state index in [9.17, 15) is 0 Å². The van der Waals surface area contributed by atoms with Gasteiger partial charge in [0.2, 0.25) is 0 Å². The number of nitrogens with two attached hydrogens (primary N) is 1. The van der Waals surface area contributed by atoms with Gasteiger partial charge in [0.1, 0.15) is 0 Å². The lowest BCUT2D eigenvalue weighted by Crippen LogP contribution is -1.97. The van der Waals surface area contributed by atoms with Crippen molar-refractivity contribution in [2.24, 2.45) is 0 Å². The van der Waals surface area contributed by atoms with Crippen molar-refractivity contribution in [2.75, 3.05) is 11.1 Å². The zero-order valence-electron chi connectivity index (χ0n) is 9.24. The van der Waals surface area contributed by atoms with E-state index in [0.717, 1.165) is 10.2 Å². The molecule has 0 spiro atoms. The van der Waals surface area contributed by atoms with E-state index in [0.29, 0.717) is 22.0 Å². The summed E-state index contributed by atoms with van der Waals surface area (Å²) in [4.78, 5) is 0. The molecule has 3 nitrogen and oxygen atoms in total. The van der Waals surface area contributed by atoms with Crippen LogP contribution in [0.1, 0.15) is 5.56 Å². The fourth-order valence-electron chi connectivity index (χ4n) is 1.46. The maximum atomic E-state index is 8.86. The maximum absolute atomic E-state index is 8.86. The Hall–Kier alpha value is -1.70. The third-order valence-electron chi connectivity index (χ3n) is 2.38. The Labute approximate surface area is 118 Å². The molecule has 0 unspecified atom stereocenters. The Morgan fingerprint density at radius 1 is 1.22 bits per heavy atom. The number of halogens is 2. The van der Waals surface area contributed by atoms with E-state index in [2.05, 4.69) is 27.3 Å². The Kier molecular flexibility index (Phi) is 3.75. The molecule has 0 aromatic heterocycles. The first-order chi connectivity index (χ1) is 8.60. The average Bonchev–Trinajstić information content (AvgIpc) is 2.36. The van der Waals surface area contributed by atoms with Crippen LogP contribution < -0.4 is 11.1 Å². The van der Waals surface area contributed by atoms with E-state index in [1.54, 1.807) is 24.3 Å². The Balaban J connectivity index is 2.33. The van der Waals surface area contributed by atoms with Crippen molar-refractivity contribution in [2.45, 2.75) is 0 Å². The number of benzene rings is 2. The summed E-state index contributed by atoms with van der Waals surface area (Å²) < 4.78 is 0.796. The molecule has 0 fully saturated rings. The van der Waals surface area contributed by atoms with Gasteiger partial charge < -0.3 is 11.1 Å². The van der Waals surface area contributed by atoms with Crippen molar-refractivity contribution in [1.29, 1.82) is 5.26 Å². The SMILES string of the molecule is N#Cc1ccc(N)c(Nc2ccc(Cl)c(Br)c2)c1. The van der Waals surface area contributed by atoms with Gasteiger partial charge in [-0.3, -0.25) is 0 Å². The number of nitriles is 1. The molecule has 0 saturated heterocycles. The largest absolute Gasteiger partial charge is 0.397 e. The highest BCUT2D eigenvalue weighted by Gasteiger charge is 2.03. The van der Waals surface area contributed by atoms with Crippen LogP contribution in [0.15, 0.2) is 40.9 Å². The van der Waals surface area contributed by atoms with Crippen LogP contribution in [0.25, 0.3) is 0 Å². The fraction of sp³-hybridized carbons (Fsp3) is 0. The minimum atomic E-state index is 0.555. The van der Waals surface area contributed by atoms with Gasteiger partial charge in [0.05, 0.1) is 28.0 Å². The summed E-state index contributed by atoms with van der Waals surface area (Å²) in [7, 11) is 0. The first-order valence-corrected chi connectivity index (χ1v) is 6.29. The molecule has 3 N–H and O–H groups in total. The summed E-state index contributed by atoms with van der Waals surface area (Å²) in [6.07, 6.45) is 0. The normalized spacial score (nSPS) is 9.83. The van der Waals surface area contributed by atoms with E-state index >= 15 is 0 Å². The van der Waals surface area contributed by atoms with Crippen molar-refractivity contribution in [3.63, 3.8) is 0 Å². The molecule has 0 aliphatic rings. The monoisotopic (exact) mass is 321 g/mol. The zero-order valence-corrected chi connectivity index (χ0v) is 11.6. The van der Waals surface area contributed by atoms with Crippen LogP contribution in [0, 0.1) is 11.3 Å². The van der Waals surface area contributed by atoms with Crippen LogP contribution in [0.5, 0.6) is 0 Å². The molecule has 2 aromatic carbocycles. The molecule has 0 aliphatic carbocycles. The van der Waals surface area contributed by atoms with E-state index in [1.807, 2.05) is 12.1 Å². The minimum Gasteiger partial charge on any atom is -0.397 e. The minimum absolute atomic E-state index is 0.555. The number of nitrogens with zero attached hydrogens (tertiary/aromatic N) is 1. The van der Waals surface area contributed by atoms with Crippen LogP contribution in [-0.2, 0) is 0 Å². The van der Waals surface area contributed by atoms with Crippen LogP contribution in [0.2, 0.25) is 5.02 Å². The molecule has 0 atom stereocenters. The maximum Gasteiger partial charge on any atom is 0.0992 e. The third kappa shape index (κ3) is 2.76. The van der Waals surface area contributed by atoms with Gasteiger partial charge in [-0.1, -0.05) is 11.6 Å². The van der Waals surface area contributed by atoms with E-state index in [-0.39, 0.29) is 0 Å². The predicted octanol–water partition coefficient (Wildman–Crippen LogP) is 4.30. The lowest BCUT2D eigenvalue weighted by atomic mass is 10.2. The Bertz CT molecular complexity index is 635. The molecular weight excluding hydrogens is 314 g/mol. The number of hydrogen-bond acceptors (Lipinski definition) is 3. The number of anilines is 3. The first kappa shape index (κ1) is 12.7. The highest BCUT2D eigenvalue weighted by atomic mass is 79.9. The smallest absolute Gasteiger partial charge is 0.0992 e. The molecule has 2 rings (SSSR count). The second-order valence-corrected chi connectivity index (χ2v) is 4.93. The molecule has 0 radical (unpaired) electrons. The second-order valence-electron chi connectivity index (χ2n) is 3.67. The van der Waals surface area contributed by atoms with Gasteiger partial charge in [0.25, 0.3) is 0 Å². The third-order valence-corrected chi connectivity index (χ3v) is 3.59. The zero-order chi connectivity index (χ0) is 13.1. The molecule has 0 bridgehead atoms. The average molecular weight is 323 g/mol. The summed E-state index contributed by atoms with van der Waals surface area (Å²) in [6.45, 7) is 0. The van der Waals surface area contributed by atoms with Crippen molar-refractivity contribution in [3.05, 3.63) is 51.5 Å². The highest BCUT2D eigenvalue weighted by molar-refractivity contribution is 9.10. The summed E-state index contributed by atoms with van der Waals surface area (Å²) in [5, 5.41) is 12.6. The topological polar surface area (TPSA) is 61.8 Å². The van der Waals surface area contributed by atoms with Gasteiger partial charge in [-0.25, -0.2) is 0 Å². The summed E-state index contributed by atoms with van der Waals surface area (Å²) >= 11 is 9.27. The van der Waals surface area contributed by atoms with Gasteiger partial charge in [-0.2, -0.15) is 5.26 Å². The lowest BCUT2D eigenvalue weighted by molar-refractivity contribution is 1.47. The van der Waals surface area contributed by atoms with Crippen molar-refractivity contribution >= 4 is 44.6 Å². The molecule has 2 aromatic rings. The van der Waals surface area contributed by atoms with Crippen LogP contribution in [0.4, 0.5) is 17.1 Å². The molecular formula is C13H9BrClN3.